The summed E-state index contributed by atoms with van der Waals surface area (Å²) in [4.78, 5) is 0. The summed E-state index contributed by atoms with van der Waals surface area (Å²) in [7, 11) is 0. The summed E-state index contributed by atoms with van der Waals surface area (Å²) in [6, 6.07) is 0. The third-order valence-corrected chi connectivity index (χ3v) is 0. The molecule has 0 atom stereocenters. The molecule has 0 amide bonds. The van der Waals surface area contributed by atoms with Gasteiger partial charge in [-0.3, -0.25) is 0 Å². The molecule has 0 heterocycles. The van der Waals surface area contributed by atoms with Gasteiger partial charge in [-0.05, 0) is 0 Å². The van der Waals surface area contributed by atoms with Gasteiger partial charge in [-0.2, -0.15) is 0 Å². The number of rotatable bonds is 0. The van der Waals surface area contributed by atoms with Crippen LogP contribution in [0.2, 0.25) is 0 Å². The average molecular weight is 808 g/mol. The minimum absolute atomic E-state index is 0. The van der Waals surface area contributed by atoms with Gasteiger partial charge in [-0.25, -0.2) is 0 Å². The Kier molecular flexibility index (Phi) is 3660. The van der Waals surface area contributed by atoms with Crippen molar-refractivity contribution in [1.29, 1.82) is 0 Å². The van der Waals surface area contributed by atoms with Crippen LogP contribution in [0.4, 0.5) is 0 Å². The molecule has 0 rings (SSSR count). The normalized spacial score (nSPS) is 0. The van der Waals surface area contributed by atoms with Crippen molar-refractivity contribution in [2.45, 2.75) is 0 Å². The summed E-state index contributed by atoms with van der Waals surface area (Å²) in [6.45, 7) is 0. The fraction of sp³-hybridized carbons (Fsp3) is 0. The smallest absolute Gasteiger partial charge is 0.813 e. The summed E-state index contributed by atoms with van der Waals surface area (Å²) in [5.74, 6) is 0. The monoisotopic (exact) mass is 809 g/mol. The Morgan fingerprint density at radius 1 is 0.333 bits per heavy atom. The van der Waals surface area contributed by atoms with Crippen molar-refractivity contribution < 1.29 is 141 Å². The minimum atomic E-state index is 0. The standard InChI is InChI=1S/CH3.7Fe.Mo.9H2S/h1H3;;;;;;;;;9*1H2/q-1;;;;;;;+2;;;;;;;;;;/p-1. The van der Waals surface area contributed by atoms with Gasteiger partial charge in [0.05, 0.1) is 0 Å². The van der Waals surface area contributed by atoms with Gasteiger partial charge in [0.1, 0.15) is 0 Å². The van der Waals surface area contributed by atoms with Crippen LogP contribution in [0.25, 0.3) is 0 Å². The van der Waals surface area contributed by atoms with E-state index in [-0.39, 0.29) is 269 Å². The van der Waals surface area contributed by atoms with Crippen LogP contribution in [0.15, 0.2) is 0 Å². The van der Waals surface area contributed by atoms with Crippen LogP contribution in [-0.4, -0.2) is 0 Å². The average Bonchev–Trinajstić information content (AvgIpc) is 0. The molecule has 0 aromatic rings. The second kappa shape index (κ2) is 241. The summed E-state index contributed by atoms with van der Waals surface area (Å²) < 4.78 is 0. The molecule has 140 valence electrons. The molecule has 0 aliphatic heterocycles. The zero-order chi connectivity index (χ0) is 0. The van der Waals surface area contributed by atoms with Gasteiger partial charge < -0.3 is 74.9 Å². The van der Waals surface area contributed by atoms with E-state index in [1.807, 2.05) is 0 Å². The van der Waals surface area contributed by atoms with Gasteiger partial charge in [0.25, 0.3) is 0 Å². The zero-order valence-corrected chi connectivity index (χ0v) is 27.3. The molecule has 0 aromatic carbocycles. The van der Waals surface area contributed by atoms with Gasteiger partial charge in [0.2, 0.25) is 0 Å². The van der Waals surface area contributed by atoms with Crippen molar-refractivity contribution in [3.05, 3.63) is 7.43 Å². The van der Waals surface area contributed by atoms with Crippen LogP contribution in [-0.2, 0) is 262 Å². The van der Waals surface area contributed by atoms with Crippen LogP contribution in [0, 0.1) is 7.43 Å². The van der Waals surface area contributed by atoms with E-state index in [1.54, 1.807) is 0 Å². The topological polar surface area (TPSA) is 0 Å². The van der Waals surface area contributed by atoms with Gasteiger partial charge in [-0.1, -0.05) is 54.0 Å². The maximum atomic E-state index is 0. The van der Waals surface area contributed by atoms with Crippen molar-refractivity contribution in [1.82, 2.24) is 0 Å². The van der Waals surface area contributed by atoms with E-state index in [9.17, 15) is 0 Å². The van der Waals surface area contributed by atoms with E-state index in [0.717, 1.165) is 0 Å². The van der Waals surface area contributed by atoms with E-state index in [0.29, 0.717) is 0 Å². The van der Waals surface area contributed by atoms with E-state index in [1.165, 1.54) is 0 Å². The summed E-state index contributed by atoms with van der Waals surface area (Å²) in [6.07, 6.45) is 0. The van der Waals surface area contributed by atoms with Crippen molar-refractivity contribution in [2.24, 2.45) is 0 Å². The Labute approximate surface area is 264 Å². The minimum Gasteiger partial charge on any atom is -0.813 e. The first-order valence-corrected chi connectivity index (χ1v) is 0. The Bertz CT molecular complexity index is 26.9. The number of hydrogen-bond acceptors (Lipinski definition) is 5. The molecule has 0 unspecified atom stereocenters. The molecule has 18 heavy (non-hydrogen) atoms. The van der Waals surface area contributed by atoms with E-state index < -0.39 is 0 Å². The predicted octanol–water partition coefficient (Wildman–Crippen LogP) is -4.14. The Balaban J connectivity index is 0. The van der Waals surface area contributed by atoms with E-state index >= 15 is 0 Å². The molecule has 0 spiro atoms. The van der Waals surface area contributed by atoms with Crippen LogP contribution in [0.1, 0.15) is 0 Å². The second-order valence-electron chi connectivity index (χ2n) is 0. The van der Waals surface area contributed by atoms with Crippen LogP contribution in [0.3, 0.4) is 0 Å². The van der Waals surface area contributed by atoms with Gasteiger partial charge in [0, 0.05) is 123 Å². The first kappa shape index (κ1) is 273. The molecule has 0 radical (unpaired) electrons. The molecule has 0 saturated carbocycles. The second-order valence-corrected chi connectivity index (χ2v) is 0. The van der Waals surface area contributed by atoms with E-state index in [2.05, 4.69) is 0 Å². The summed E-state index contributed by atoms with van der Waals surface area (Å²) in [5, 5.41) is 0. The molecule has 0 fully saturated rings. The molecule has 0 N–H and O–H groups in total. The zero-order valence-electron chi connectivity index (χ0n) is 8.43. The molecule has 0 aliphatic carbocycles. The quantitative estimate of drug-likeness (QED) is 0.0801. The first-order valence-electron chi connectivity index (χ1n) is 0. The molecule has 0 nitrogen and oxygen atoms in total. The van der Waals surface area contributed by atoms with Gasteiger partial charge in [0.15, 0.2) is 0 Å². The largest absolute Gasteiger partial charge is 2.00 e. The first-order chi connectivity index (χ1) is 0. The van der Waals surface area contributed by atoms with Crippen molar-refractivity contribution in [3.8, 4) is 0 Å². The van der Waals surface area contributed by atoms with E-state index in [4.69, 9.17) is 0 Å². The number of thiol groups is 5. The van der Waals surface area contributed by atoms with Gasteiger partial charge >= 0.3 is 17.1 Å². The number of hydrogen-bond donors (Lipinski definition) is 0. The Hall–Kier alpha value is 7.47. The maximum absolute atomic E-state index is 0. The molecular weight excluding hydrogens is 787 g/mol. The van der Waals surface area contributed by atoms with Crippen molar-refractivity contribution >= 4 is 121 Å². The molecule has 0 aliphatic rings. The summed E-state index contributed by atoms with van der Waals surface area (Å²) in [5.41, 5.74) is 0. The molecule has 0 aromatic heterocycles. The third-order valence-electron chi connectivity index (χ3n) is 0. The SMILES string of the molecule is [CH3-].[Fe+2].[Fe].[Fe].[Fe].[Fe].[Fe].[Fe].[Mo].[SH-].[SH-].[SH-].[SH-].[SH-].[SH3+].[SH3+].[SH3+].[SH3+]. The van der Waals surface area contributed by atoms with Crippen LogP contribution in [0.5, 0.6) is 0 Å². The van der Waals surface area contributed by atoms with Gasteiger partial charge in [-0.15, -0.1) is 0 Å². The fourth-order valence-corrected chi connectivity index (χ4v) is 0. The molecular formula is CH20Fe7MoS9. The van der Waals surface area contributed by atoms with Crippen LogP contribution < -0.4 is 0 Å². The predicted molar refractivity (Wildman–Crippen MR) is 96.4 cm³/mol. The molecule has 17 heteroatoms. The van der Waals surface area contributed by atoms with Crippen molar-refractivity contribution in [3.63, 3.8) is 0 Å². The summed E-state index contributed by atoms with van der Waals surface area (Å²) >= 11 is 0. The fourth-order valence-electron chi connectivity index (χ4n) is 0. The molecule has 0 saturated heterocycles. The van der Waals surface area contributed by atoms with Crippen molar-refractivity contribution in [2.75, 3.05) is 0 Å². The molecule has 0 bridgehead atoms. The van der Waals surface area contributed by atoms with Crippen LogP contribution >= 0.6 is 0 Å². The maximum Gasteiger partial charge on any atom is 2.00 e. The Morgan fingerprint density at radius 3 is 0.333 bits per heavy atom. The third kappa shape index (κ3) is 212. The Morgan fingerprint density at radius 2 is 0.333 bits per heavy atom.